The van der Waals surface area contributed by atoms with Crippen molar-refractivity contribution in [2.24, 2.45) is 11.8 Å². The fourth-order valence-electron chi connectivity index (χ4n) is 5.27. The first kappa shape index (κ1) is 16.0. The van der Waals surface area contributed by atoms with Crippen LogP contribution in [0.5, 0.6) is 0 Å². The van der Waals surface area contributed by atoms with Gasteiger partial charge in [-0.05, 0) is 64.4 Å². The molecule has 3 aliphatic rings. The van der Waals surface area contributed by atoms with Crippen molar-refractivity contribution in [3.8, 4) is 0 Å². The molecule has 132 valence electrons. The van der Waals surface area contributed by atoms with Gasteiger partial charge in [0.25, 0.3) is 0 Å². The van der Waals surface area contributed by atoms with Gasteiger partial charge in [-0.15, -0.1) is 6.58 Å². The van der Waals surface area contributed by atoms with E-state index in [0.717, 1.165) is 25.1 Å². The van der Waals surface area contributed by atoms with Crippen LogP contribution in [-0.2, 0) is 0 Å². The van der Waals surface area contributed by atoms with E-state index in [1.165, 1.54) is 28.0 Å². The quantitative estimate of drug-likeness (QED) is 0.539. The van der Waals surface area contributed by atoms with E-state index < -0.39 is 6.10 Å². The first-order valence-corrected chi connectivity index (χ1v) is 9.71. The van der Waals surface area contributed by atoms with Crippen LogP contribution in [0.25, 0.3) is 21.5 Å². The second-order valence-corrected chi connectivity index (χ2v) is 7.92. The molecule has 26 heavy (non-hydrogen) atoms. The summed E-state index contributed by atoms with van der Waals surface area (Å²) in [4.78, 5) is 2.49. The van der Waals surface area contributed by atoms with Crippen LogP contribution in [0.1, 0.15) is 24.5 Å². The summed E-state index contributed by atoms with van der Waals surface area (Å²) < 4.78 is 0. The molecule has 5 atom stereocenters. The van der Waals surface area contributed by atoms with Gasteiger partial charge in [-0.3, -0.25) is 4.90 Å². The summed E-state index contributed by atoms with van der Waals surface area (Å²) in [6, 6.07) is 19.4. The number of rotatable bonds is 3. The highest BCUT2D eigenvalue weighted by molar-refractivity contribution is 6.02. The third kappa shape index (κ3) is 2.40. The van der Waals surface area contributed by atoms with Gasteiger partial charge >= 0.3 is 0 Å². The highest BCUT2D eigenvalue weighted by Crippen LogP contribution is 2.43. The summed E-state index contributed by atoms with van der Waals surface area (Å²) in [6.45, 7) is 6.16. The summed E-state index contributed by atoms with van der Waals surface area (Å²) in [5.74, 6) is 1.25. The van der Waals surface area contributed by atoms with Crippen molar-refractivity contribution in [3.05, 3.63) is 72.8 Å². The number of hydrogen-bond donors (Lipinski definition) is 1. The average Bonchev–Trinajstić information content (AvgIpc) is 2.71. The van der Waals surface area contributed by atoms with E-state index >= 15 is 0 Å². The molecule has 2 nitrogen and oxygen atoms in total. The Morgan fingerprint density at radius 1 is 1.04 bits per heavy atom. The summed E-state index contributed by atoms with van der Waals surface area (Å²) in [7, 11) is 0. The average molecular weight is 343 g/mol. The zero-order chi connectivity index (χ0) is 17.7. The Balaban J connectivity index is 1.65. The van der Waals surface area contributed by atoms with E-state index in [4.69, 9.17) is 0 Å². The second-order valence-electron chi connectivity index (χ2n) is 7.92. The van der Waals surface area contributed by atoms with Crippen molar-refractivity contribution < 1.29 is 5.11 Å². The maximum atomic E-state index is 11.6. The largest absolute Gasteiger partial charge is 0.387 e. The lowest BCUT2D eigenvalue weighted by Crippen LogP contribution is -2.54. The monoisotopic (exact) mass is 343 g/mol. The number of nitrogens with zero attached hydrogens (tertiary/aromatic N) is 1. The molecule has 3 aromatic rings. The Morgan fingerprint density at radius 2 is 1.69 bits per heavy atom. The zero-order valence-electron chi connectivity index (χ0n) is 15.0. The summed E-state index contributed by atoms with van der Waals surface area (Å²) in [5.41, 5.74) is 1.10. The van der Waals surface area contributed by atoms with Crippen molar-refractivity contribution in [3.63, 3.8) is 0 Å². The molecule has 3 fully saturated rings. The maximum absolute atomic E-state index is 11.6. The number of benzene rings is 3. The number of fused-ring (bicyclic) bond motifs is 5. The van der Waals surface area contributed by atoms with Crippen molar-refractivity contribution in [1.29, 1.82) is 0 Å². The van der Waals surface area contributed by atoms with Gasteiger partial charge in [0.05, 0.1) is 6.10 Å². The molecule has 0 spiro atoms. The van der Waals surface area contributed by atoms with Gasteiger partial charge in [-0.2, -0.15) is 0 Å². The Morgan fingerprint density at radius 3 is 2.27 bits per heavy atom. The van der Waals surface area contributed by atoms with E-state index in [1.807, 2.05) is 0 Å². The summed E-state index contributed by atoms with van der Waals surface area (Å²) in [6.07, 6.45) is 3.96. The summed E-state index contributed by atoms with van der Waals surface area (Å²) >= 11 is 0. The molecule has 1 N–H and O–H groups in total. The molecule has 0 radical (unpaired) electrons. The van der Waals surface area contributed by atoms with Crippen molar-refractivity contribution in [2.75, 3.05) is 13.1 Å². The summed E-state index contributed by atoms with van der Waals surface area (Å²) in [5, 5.41) is 16.3. The van der Waals surface area contributed by atoms with Gasteiger partial charge in [0.15, 0.2) is 0 Å². The fourth-order valence-corrected chi connectivity index (χ4v) is 5.27. The lowest BCUT2D eigenvalue weighted by Gasteiger charge is -2.50. The number of piperidine rings is 3. The molecule has 2 heteroatoms. The van der Waals surface area contributed by atoms with E-state index in [0.29, 0.717) is 11.8 Å². The third-order valence-corrected chi connectivity index (χ3v) is 6.63. The normalized spacial score (nSPS) is 29.1. The van der Waals surface area contributed by atoms with E-state index in [-0.39, 0.29) is 6.04 Å². The SMILES string of the molecule is C=C[C@H]1CN2CC[C@H]1C[C@@H]2[C@@H](O)c1c2ccccc2cc2ccccc12. The molecule has 1 unspecified atom stereocenters. The predicted octanol–water partition coefficient (Wildman–Crippen LogP) is 4.92. The van der Waals surface area contributed by atoms with Crippen LogP contribution in [0.4, 0.5) is 0 Å². The zero-order valence-corrected chi connectivity index (χ0v) is 15.0. The molecule has 0 aliphatic carbocycles. The third-order valence-electron chi connectivity index (χ3n) is 6.63. The van der Waals surface area contributed by atoms with E-state index in [2.05, 4.69) is 72.2 Å². The molecule has 3 saturated heterocycles. The molecule has 3 aliphatic heterocycles. The molecular formula is C24H25NO. The molecule has 6 rings (SSSR count). The molecule has 2 bridgehead atoms. The van der Waals surface area contributed by atoms with Gasteiger partial charge in [0, 0.05) is 12.6 Å². The van der Waals surface area contributed by atoms with Gasteiger partial charge in [0.2, 0.25) is 0 Å². The number of hydrogen-bond acceptors (Lipinski definition) is 2. The minimum Gasteiger partial charge on any atom is -0.387 e. The number of aliphatic hydroxyl groups is 1. The first-order chi connectivity index (χ1) is 12.8. The molecule has 0 aromatic heterocycles. The topological polar surface area (TPSA) is 23.5 Å². The Kier molecular flexibility index (Phi) is 3.84. The molecule has 3 aromatic carbocycles. The van der Waals surface area contributed by atoms with Gasteiger partial charge in [0.1, 0.15) is 0 Å². The molecule has 3 heterocycles. The highest BCUT2D eigenvalue weighted by Gasteiger charge is 2.42. The lowest BCUT2D eigenvalue weighted by molar-refractivity contribution is -0.0440. The maximum Gasteiger partial charge on any atom is 0.0957 e. The lowest BCUT2D eigenvalue weighted by atomic mass is 9.73. The second kappa shape index (κ2) is 6.22. The van der Waals surface area contributed by atoms with Crippen LogP contribution >= 0.6 is 0 Å². The Bertz CT molecular complexity index is 924. The van der Waals surface area contributed by atoms with Crippen LogP contribution in [0.2, 0.25) is 0 Å². The smallest absolute Gasteiger partial charge is 0.0957 e. The standard InChI is InChI=1S/C24H25NO/c1-2-16-15-25-12-11-17(16)14-22(25)24(26)23-20-9-5-3-7-18(20)13-19-8-4-6-10-21(19)23/h2-10,13,16-17,22,24,26H,1,11-12,14-15H2/t16-,17-,22+,24+/m0/s1. The molecule has 0 amide bonds. The highest BCUT2D eigenvalue weighted by atomic mass is 16.3. The first-order valence-electron chi connectivity index (χ1n) is 9.71. The number of aliphatic hydroxyl groups excluding tert-OH is 1. The van der Waals surface area contributed by atoms with Gasteiger partial charge in [-0.1, -0.05) is 54.6 Å². The molecular weight excluding hydrogens is 318 g/mol. The van der Waals surface area contributed by atoms with Crippen LogP contribution in [-0.4, -0.2) is 29.1 Å². The van der Waals surface area contributed by atoms with Crippen LogP contribution in [0.15, 0.2) is 67.3 Å². The molecule has 0 saturated carbocycles. The van der Waals surface area contributed by atoms with E-state index in [1.54, 1.807) is 0 Å². The van der Waals surface area contributed by atoms with Crippen molar-refractivity contribution in [2.45, 2.75) is 25.0 Å². The van der Waals surface area contributed by atoms with Crippen molar-refractivity contribution >= 4 is 21.5 Å². The van der Waals surface area contributed by atoms with Gasteiger partial charge < -0.3 is 5.11 Å². The predicted molar refractivity (Wildman–Crippen MR) is 108 cm³/mol. The van der Waals surface area contributed by atoms with E-state index in [9.17, 15) is 5.11 Å². The Hall–Kier alpha value is -2.16. The van der Waals surface area contributed by atoms with Crippen LogP contribution < -0.4 is 0 Å². The fraction of sp³-hybridized carbons (Fsp3) is 0.333. The Labute approximate surface area is 154 Å². The minimum atomic E-state index is -0.459. The van der Waals surface area contributed by atoms with Crippen molar-refractivity contribution in [1.82, 2.24) is 4.90 Å². The van der Waals surface area contributed by atoms with Crippen LogP contribution in [0, 0.1) is 11.8 Å². The van der Waals surface area contributed by atoms with Gasteiger partial charge in [-0.25, -0.2) is 0 Å². The minimum absolute atomic E-state index is 0.208. The van der Waals surface area contributed by atoms with Crippen LogP contribution in [0.3, 0.4) is 0 Å².